The molecule has 0 atom stereocenters. The number of aromatic nitrogens is 2. The van der Waals surface area contributed by atoms with Gasteiger partial charge in [-0.1, -0.05) is 0 Å². The Bertz CT molecular complexity index is 630. The van der Waals surface area contributed by atoms with Crippen LogP contribution in [0.25, 0.3) is 0 Å². The molecule has 3 rings (SSSR count). The number of carbonyl (C=O) groups excluding carboxylic acids is 2. The van der Waals surface area contributed by atoms with E-state index in [1.54, 1.807) is 0 Å². The minimum Gasteiger partial charge on any atom is -0.370 e. The summed E-state index contributed by atoms with van der Waals surface area (Å²) < 4.78 is 0. The third-order valence-electron chi connectivity index (χ3n) is 4.97. The molecule has 7 heteroatoms. The molecule has 1 aromatic heterocycles. The summed E-state index contributed by atoms with van der Waals surface area (Å²) in [5, 5.41) is 3.23. The maximum Gasteiger partial charge on any atom is 0.227 e. The Kier molecular flexibility index (Phi) is 5.50. The maximum atomic E-state index is 12.7. The zero-order chi connectivity index (χ0) is 17.8. The normalized spacial score (nSPS) is 19.2. The number of rotatable bonds is 4. The van der Waals surface area contributed by atoms with Crippen molar-refractivity contribution in [3.05, 3.63) is 11.8 Å². The van der Waals surface area contributed by atoms with Gasteiger partial charge in [0.05, 0.1) is 0 Å². The molecule has 0 radical (unpaired) electrons. The topological polar surface area (TPSA) is 78.4 Å². The van der Waals surface area contributed by atoms with Crippen molar-refractivity contribution in [1.82, 2.24) is 14.9 Å². The van der Waals surface area contributed by atoms with Crippen LogP contribution in [0.3, 0.4) is 0 Å². The third-order valence-corrected chi connectivity index (χ3v) is 4.97. The zero-order valence-corrected chi connectivity index (χ0v) is 15.1. The van der Waals surface area contributed by atoms with Gasteiger partial charge in [0.1, 0.15) is 11.6 Å². The molecule has 0 aromatic carbocycles. The molecule has 0 spiro atoms. The van der Waals surface area contributed by atoms with Gasteiger partial charge in [-0.25, -0.2) is 4.98 Å². The van der Waals surface area contributed by atoms with Crippen molar-refractivity contribution >= 4 is 23.5 Å². The van der Waals surface area contributed by atoms with Gasteiger partial charge in [0.25, 0.3) is 0 Å². The maximum absolute atomic E-state index is 12.7. The average Bonchev–Trinajstić information content (AvgIpc) is 2.62. The summed E-state index contributed by atoms with van der Waals surface area (Å²) >= 11 is 0. The molecule has 1 aliphatic heterocycles. The van der Waals surface area contributed by atoms with E-state index in [9.17, 15) is 9.59 Å². The van der Waals surface area contributed by atoms with Gasteiger partial charge >= 0.3 is 0 Å². The number of aryl methyl sites for hydroxylation is 1. The number of nitrogens with one attached hydrogen (secondary N) is 1. The van der Waals surface area contributed by atoms with Crippen LogP contribution in [0, 0.1) is 12.8 Å². The minimum absolute atomic E-state index is 0.0276. The highest BCUT2D eigenvalue weighted by molar-refractivity contribution is 5.84. The van der Waals surface area contributed by atoms with Gasteiger partial charge in [0, 0.05) is 63.2 Å². The highest BCUT2D eigenvalue weighted by atomic mass is 16.2. The number of carbonyl (C=O) groups is 2. The van der Waals surface area contributed by atoms with Crippen LogP contribution in [-0.2, 0) is 9.59 Å². The van der Waals surface area contributed by atoms with E-state index >= 15 is 0 Å². The Morgan fingerprint density at radius 2 is 1.88 bits per heavy atom. The lowest BCUT2D eigenvalue weighted by Crippen LogP contribution is -2.51. The zero-order valence-electron chi connectivity index (χ0n) is 15.1. The third kappa shape index (κ3) is 4.27. The molecule has 2 aliphatic rings. The van der Waals surface area contributed by atoms with E-state index in [0.717, 1.165) is 37.1 Å². The molecule has 1 N–H and O–H groups in total. The lowest BCUT2D eigenvalue weighted by atomic mass is 9.87. The Balaban J connectivity index is 1.58. The van der Waals surface area contributed by atoms with Crippen molar-refractivity contribution in [2.75, 3.05) is 42.9 Å². The Hall–Kier alpha value is -2.18. The first-order chi connectivity index (χ1) is 12.1. The molecule has 0 unspecified atom stereocenters. The van der Waals surface area contributed by atoms with E-state index in [1.165, 1.54) is 0 Å². The number of nitrogens with zero attached hydrogens (tertiary/aromatic N) is 4. The molecule has 1 saturated heterocycles. The van der Waals surface area contributed by atoms with Crippen LogP contribution in [0.2, 0.25) is 0 Å². The van der Waals surface area contributed by atoms with Crippen molar-refractivity contribution in [3.8, 4) is 0 Å². The molecular weight excluding hydrogens is 318 g/mol. The van der Waals surface area contributed by atoms with Crippen LogP contribution < -0.4 is 10.2 Å². The summed E-state index contributed by atoms with van der Waals surface area (Å²) in [5.41, 5.74) is 0.936. The van der Waals surface area contributed by atoms with Gasteiger partial charge in [-0.05, 0) is 26.7 Å². The predicted octanol–water partition coefficient (Wildman–Crippen LogP) is 1.62. The van der Waals surface area contributed by atoms with Crippen molar-refractivity contribution in [3.63, 3.8) is 0 Å². The number of piperazine rings is 1. The fraction of sp³-hybridized carbons (Fsp3) is 0.667. The molecule has 136 valence electrons. The number of Topliss-reactive ketones (excluding diaryl/α,β-unsaturated/α-hetero) is 1. The molecule has 1 amide bonds. The predicted molar refractivity (Wildman–Crippen MR) is 96.7 cm³/mol. The monoisotopic (exact) mass is 345 g/mol. The molecule has 1 aliphatic carbocycles. The first-order valence-electron chi connectivity index (χ1n) is 9.22. The van der Waals surface area contributed by atoms with Crippen LogP contribution in [0.5, 0.6) is 0 Å². The molecule has 1 aromatic rings. The van der Waals surface area contributed by atoms with Crippen molar-refractivity contribution in [1.29, 1.82) is 0 Å². The SMILES string of the molecule is CCNc1cc(C)nc(N2CCN(C(=O)C3CCC(=O)CC3)CC2)n1. The van der Waals surface area contributed by atoms with Crippen molar-refractivity contribution < 1.29 is 9.59 Å². The van der Waals surface area contributed by atoms with E-state index < -0.39 is 0 Å². The van der Waals surface area contributed by atoms with Crippen LogP contribution in [0.4, 0.5) is 11.8 Å². The van der Waals surface area contributed by atoms with Gasteiger partial charge in [0.2, 0.25) is 11.9 Å². The second-order valence-corrected chi connectivity index (χ2v) is 6.85. The highest BCUT2D eigenvalue weighted by Gasteiger charge is 2.30. The Morgan fingerprint density at radius 3 is 2.52 bits per heavy atom. The first-order valence-corrected chi connectivity index (χ1v) is 9.22. The highest BCUT2D eigenvalue weighted by Crippen LogP contribution is 2.24. The summed E-state index contributed by atoms with van der Waals surface area (Å²) in [5.74, 6) is 2.11. The van der Waals surface area contributed by atoms with Crippen LogP contribution in [-0.4, -0.2) is 59.3 Å². The molecule has 25 heavy (non-hydrogen) atoms. The fourth-order valence-corrected chi connectivity index (χ4v) is 3.54. The van der Waals surface area contributed by atoms with Crippen LogP contribution >= 0.6 is 0 Å². The van der Waals surface area contributed by atoms with Crippen molar-refractivity contribution in [2.45, 2.75) is 39.5 Å². The van der Waals surface area contributed by atoms with Gasteiger partial charge in [0.15, 0.2) is 0 Å². The number of amides is 1. The molecule has 1 saturated carbocycles. The minimum atomic E-state index is 0.0276. The molecular formula is C18H27N5O2. The van der Waals surface area contributed by atoms with Gasteiger partial charge in [-0.2, -0.15) is 4.98 Å². The van der Waals surface area contributed by atoms with E-state index in [-0.39, 0.29) is 11.8 Å². The van der Waals surface area contributed by atoms with Gasteiger partial charge in [-0.15, -0.1) is 0 Å². The van der Waals surface area contributed by atoms with Gasteiger partial charge in [-0.3, -0.25) is 9.59 Å². The lowest BCUT2D eigenvalue weighted by Gasteiger charge is -2.37. The summed E-state index contributed by atoms with van der Waals surface area (Å²) in [7, 11) is 0. The smallest absolute Gasteiger partial charge is 0.227 e. The molecule has 7 nitrogen and oxygen atoms in total. The van der Waals surface area contributed by atoms with E-state index in [2.05, 4.69) is 20.2 Å². The fourth-order valence-electron chi connectivity index (χ4n) is 3.54. The molecule has 0 bridgehead atoms. The Labute approximate surface area is 148 Å². The summed E-state index contributed by atoms with van der Waals surface area (Å²) in [6, 6.07) is 1.94. The largest absolute Gasteiger partial charge is 0.370 e. The first kappa shape index (κ1) is 17.6. The summed E-state index contributed by atoms with van der Waals surface area (Å²) in [4.78, 5) is 37.2. The number of hydrogen-bond donors (Lipinski definition) is 1. The van der Waals surface area contributed by atoms with Crippen LogP contribution in [0.15, 0.2) is 6.07 Å². The second-order valence-electron chi connectivity index (χ2n) is 6.85. The van der Waals surface area contributed by atoms with Gasteiger partial charge < -0.3 is 15.1 Å². The second kappa shape index (κ2) is 7.80. The number of hydrogen-bond acceptors (Lipinski definition) is 6. The number of anilines is 2. The Morgan fingerprint density at radius 1 is 1.20 bits per heavy atom. The molecule has 2 heterocycles. The average molecular weight is 345 g/mol. The van der Waals surface area contributed by atoms with E-state index in [0.29, 0.717) is 44.6 Å². The van der Waals surface area contributed by atoms with E-state index in [1.807, 2.05) is 24.8 Å². The quantitative estimate of drug-likeness (QED) is 0.893. The molecule has 2 fully saturated rings. The van der Waals surface area contributed by atoms with E-state index in [4.69, 9.17) is 0 Å². The summed E-state index contributed by atoms with van der Waals surface area (Å²) in [6.07, 6.45) is 2.54. The van der Waals surface area contributed by atoms with Crippen LogP contribution in [0.1, 0.15) is 38.3 Å². The summed E-state index contributed by atoms with van der Waals surface area (Å²) in [6.45, 7) is 7.70. The van der Waals surface area contributed by atoms with Crippen molar-refractivity contribution in [2.24, 2.45) is 5.92 Å². The standard InChI is InChI=1S/C18H27N5O2/c1-3-19-16-12-13(2)20-18(21-16)23-10-8-22(9-11-23)17(25)14-4-6-15(24)7-5-14/h12,14H,3-11H2,1-2H3,(H,19,20,21). The lowest BCUT2D eigenvalue weighted by molar-refractivity contribution is -0.137. The number of ketones is 1.